The first kappa shape index (κ1) is 12.6. The van der Waals surface area contributed by atoms with E-state index in [0.29, 0.717) is 4.47 Å². The molecule has 1 rings (SSSR count). The lowest BCUT2D eigenvalue weighted by molar-refractivity contribution is 0.0927. The van der Waals surface area contributed by atoms with Gasteiger partial charge in [0.2, 0.25) is 0 Å². The molecule has 0 saturated heterocycles. The molecule has 0 fully saturated rings. The summed E-state index contributed by atoms with van der Waals surface area (Å²) < 4.78 is 0.717. The molecular weight excluding hydrogens is 270 g/mol. The number of carbonyl (C=O) groups is 1. The Kier molecular flexibility index (Phi) is 3.61. The van der Waals surface area contributed by atoms with Crippen LogP contribution in [0.3, 0.4) is 0 Å². The van der Waals surface area contributed by atoms with E-state index in [1.54, 1.807) is 19.9 Å². The third-order valence-corrected chi connectivity index (χ3v) is 2.48. The minimum absolute atomic E-state index is 0.0754. The van der Waals surface area contributed by atoms with Crippen molar-refractivity contribution in [2.24, 2.45) is 0 Å². The van der Waals surface area contributed by atoms with Crippen molar-refractivity contribution < 1.29 is 9.90 Å². The first-order chi connectivity index (χ1) is 7.35. The molecule has 1 aromatic carbocycles. The third-order valence-electron chi connectivity index (χ3n) is 1.99. The molecule has 0 aliphatic rings. The minimum Gasteiger partial charge on any atom is -0.507 e. The normalized spacial score (nSPS) is 10.6. The Morgan fingerprint density at radius 1 is 1.56 bits per heavy atom. The zero-order chi connectivity index (χ0) is 12.3. The van der Waals surface area contributed by atoms with E-state index in [4.69, 9.17) is 6.42 Å². The Balaban J connectivity index is 2.98. The number of halogens is 1. The molecule has 16 heavy (non-hydrogen) atoms. The summed E-state index contributed by atoms with van der Waals surface area (Å²) in [6.07, 6.45) is 5.26. The average molecular weight is 282 g/mol. The van der Waals surface area contributed by atoms with Gasteiger partial charge >= 0.3 is 0 Å². The Bertz CT molecular complexity index is 461. The van der Waals surface area contributed by atoms with Crippen molar-refractivity contribution in [3.63, 3.8) is 0 Å². The molecule has 0 bridgehead atoms. The number of terminal acetylenes is 1. The molecular formula is C12H12BrNO2. The lowest BCUT2D eigenvalue weighted by Gasteiger charge is -2.19. The predicted octanol–water partition coefficient (Wildman–Crippen LogP) is 2.30. The van der Waals surface area contributed by atoms with Gasteiger partial charge in [0.25, 0.3) is 5.91 Å². The van der Waals surface area contributed by atoms with Gasteiger partial charge in [-0.15, -0.1) is 6.42 Å². The fraction of sp³-hybridized carbons (Fsp3) is 0.250. The summed E-state index contributed by atoms with van der Waals surface area (Å²) in [6, 6.07) is 4.64. The van der Waals surface area contributed by atoms with Crippen molar-refractivity contribution in [1.82, 2.24) is 5.32 Å². The summed E-state index contributed by atoms with van der Waals surface area (Å²) in [5.74, 6) is 1.97. The second-order valence-corrected chi connectivity index (χ2v) is 4.80. The highest BCUT2D eigenvalue weighted by atomic mass is 79.9. The molecule has 0 unspecified atom stereocenters. The molecule has 0 atom stereocenters. The zero-order valence-electron chi connectivity index (χ0n) is 9.04. The zero-order valence-corrected chi connectivity index (χ0v) is 10.6. The fourth-order valence-electron chi connectivity index (χ4n) is 1.08. The summed E-state index contributed by atoms with van der Waals surface area (Å²) in [6.45, 7) is 3.42. The van der Waals surface area contributed by atoms with E-state index < -0.39 is 11.4 Å². The van der Waals surface area contributed by atoms with E-state index in [1.807, 2.05) is 0 Å². The maximum atomic E-state index is 11.8. The minimum atomic E-state index is -0.744. The van der Waals surface area contributed by atoms with Crippen molar-refractivity contribution in [1.29, 1.82) is 0 Å². The second kappa shape index (κ2) is 4.58. The van der Waals surface area contributed by atoms with E-state index in [-0.39, 0.29) is 11.3 Å². The van der Waals surface area contributed by atoms with Gasteiger partial charge < -0.3 is 10.4 Å². The van der Waals surface area contributed by atoms with Crippen LogP contribution >= 0.6 is 15.9 Å². The Morgan fingerprint density at radius 2 is 2.19 bits per heavy atom. The van der Waals surface area contributed by atoms with Gasteiger partial charge in [-0.05, 0) is 32.0 Å². The van der Waals surface area contributed by atoms with Crippen LogP contribution in [-0.4, -0.2) is 16.6 Å². The van der Waals surface area contributed by atoms with E-state index in [2.05, 4.69) is 27.2 Å². The van der Waals surface area contributed by atoms with E-state index in [0.717, 1.165) is 0 Å². The van der Waals surface area contributed by atoms with Gasteiger partial charge in [0, 0.05) is 4.47 Å². The number of rotatable bonds is 2. The van der Waals surface area contributed by atoms with E-state index >= 15 is 0 Å². The Hall–Kier alpha value is -1.47. The van der Waals surface area contributed by atoms with E-state index in [1.165, 1.54) is 12.1 Å². The van der Waals surface area contributed by atoms with Gasteiger partial charge in [0.1, 0.15) is 5.75 Å². The van der Waals surface area contributed by atoms with Gasteiger partial charge in [-0.2, -0.15) is 0 Å². The molecule has 0 heterocycles. The number of phenols is 1. The van der Waals surface area contributed by atoms with Crippen LogP contribution in [0.15, 0.2) is 22.7 Å². The number of nitrogens with one attached hydrogen (secondary N) is 1. The third kappa shape index (κ3) is 3.01. The summed E-state index contributed by atoms with van der Waals surface area (Å²) in [5.41, 5.74) is -0.552. The second-order valence-electron chi connectivity index (χ2n) is 3.88. The van der Waals surface area contributed by atoms with Crippen molar-refractivity contribution in [3.8, 4) is 18.1 Å². The molecule has 1 aromatic rings. The molecule has 0 aromatic heterocycles. The van der Waals surface area contributed by atoms with Crippen molar-refractivity contribution in [3.05, 3.63) is 28.2 Å². The average Bonchev–Trinajstić information content (AvgIpc) is 2.21. The first-order valence-corrected chi connectivity index (χ1v) is 5.44. The largest absolute Gasteiger partial charge is 0.507 e. The van der Waals surface area contributed by atoms with Crippen LogP contribution in [0.1, 0.15) is 24.2 Å². The van der Waals surface area contributed by atoms with Crippen molar-refractivity contribution in [2.75, 3.05) is 0 Å². The van der Waals surface area contributed by atoms with Crippen LogP contribution in [0, 0.1) is 12.3 Å². The summed E-state index contributed by atoms with van der Waals surface area (Å²) >= 11 is 3.23. The standard InChI is InChI=1S/C12H12BrNO2/c1-4-12(2,3)14-11(16)9-7-8(13)5-6-10(9)15/h1,5-7,15H,2-3H3,(H,14,16). The lowest BCUT2D eigenvalue weighted by atomic mass is 10.1. The van der Waals surface area contributed by atoms with Gasteiger partial charge in [0.05, 0.1) is 11.1 Å². The van der Waals surface area contributed by atoms with Gasteiger partial charge in [-0.3, -0.25) is 4.79 Å². The molecule has 84 valence electrons. The molecule has 1 amide bonds. The first-order valence-electron chi connectivity index (χ1n) is 4.64. The molecule has 2 N–H and O–H groups in total. The highest BCUT2D eigenvalue weighted by molar-refractivity contribution is 9.10. The summed E-state index contributed by atoms with van der Waals surface area (Å²) in [5, 5.41) is 12.2. The summed E-state index contributed by atoms with van der Waals surface area (Å²) in [4.78, 5) is 11.8. The van der Waals surface area contributed by atoms with E-state index in [9.17, 15) is 9.90 Å². The molecule has 4 heteroatoms. The number of phenolic OH excluding ortho intramolecular Hbond substituents is 1. The topological polar surface area (TPSA) is 49.3 Å². The Labute approximate surface area is 103 Å². The molecule has 3 nitrogen and oxygen atoms in total. The molecule has 0 radical (unpaired) electrons. The van der Waals surface area contributed by atoms with Gasteiger partial charge in [-0.1, -0.05) is 21.9 Å². The van der Waals surface area contributed by atoms with Crippen LogP contribution in [-0.2, 0) is 0 Å². The van der Waals surface area contributed by atoms with Crippen LogP contribution in [0.4, 0.5) is 0 Å². The monoisotopic (exact) mass is 281 g/mol. The highest BCUT2D eigenvalue weighted by Gasteiger charge is 2.20. The number of hydrogen-bond acceptors (Lipinski definition) is 2. The molecule has 0 saturated carbocycles. The smallest absolute Gasteiger partial charge is 0.256 e. The number of amides is 1. The van der Waals surface area contributed by atoms with Crippen LogP contribution in [0.25, 0.3) is 0 Å². The maximum absolute atomic E-state index is 11.8. The Morgan fingerprint density at radius 3 is 2.75 bits per heavy atom. The lowest BCUT2D eigenvalue weighted by Crippen LogP contribution is -2.42. The maximum Gasteiger partial charge on any atom is 0.256 e. The van der Waals surface area contributed by atoms with Gasteiger partial charge in [0.15, 0.2) is 0 Å². The molecule has 0 aliphatic heterocycles. The van der Waals surface area contributed by atoms with Crippen LogP contribution < -0.4 is 5.32 Å². The quantitative estimate of drug-likeness (QED) is 0.818. The summed E-state index contributed by atoms with van der Waals surface area (Å²) in [7, 11) is 0. The SMILES string of the molecule is C#CC(C)(C)NC(=O)c1cc(Br)ccc1O. The highest BCUT2D eigenvalue weighted by Crippen LogP contribution is 2.22. The fourth-order valence-corrected chi connectivity index (χ4v) is 1.44. The predicted molar refractivity (Wildman–Crippen MR) is 66.2 cm³/mol. The molecule has 0 aliphatic carbocycles. The van der Waals surface area contributed by atoms with Gasteiger partial charge in [-0.25, -0.2) is 0 Å². The van der Waals surface area contributed by atoms with Crippen molar-refractivity contribution in [2.45, 2.75) is 19.4 Å². The van der Waals surface area contributed by atoms with Crippen LogP contribution in [0.5, 0.6) is 5.75 Å². The number of benzene rings is 1. The van der Waals surface area contributed by atoms with Crippen molar-refractivity contribution >= 4 is 21.8 Å². The number of aromatic hydroxyl groups is 1. The number of hydrogen-bond donors (Lipinski definition) is 2. The number of carbonyl (C=O) groups excluding carboxylic acids is 1. The van der Waals surface area contributed by atoms with Crippen LogP contribution in [0.2, 0.25) is 0 Å². The molecule has 0 spiro atoms.